The van der Waals surface area contributed by atoms with Crippen LogP contribution in [0.1, 0.15) is 31.4 Å². The SMILES string of the molecule is CCCNC(=O)CC1CSc2nc3c(cnn3-c3ccc(C)cc3)c(=O)n21. The van der Waals surface area contributed by atoms with Gasteiger partial charge in [-0.15, -0.1) is 0 Å². The predicted octanol–water partition coefficient (Wildman–Crippen LogP) is 2.45. The van der Waals surface area contributed by atoms with Crippen LogP contribution < -0.4 is 10.9 Å². The van der Waals surface area contributed by atoms with Crippen molar-refractivity contribution in [1.82, 2.24) is 24.6 Å². The lowest BCUT2D eigenvalue weighted by Crippen LogP contribution is -2.31. The first-order valence-electron chi connectivity index (χ1n) is 9.05. The predicted molar refractivity (Wildman–Crippen MR) is 106 cm³/mol. The summed E-state index contributed by atoms with van der Waals surface area (Å²) in [6.45, 7) is 4.69. The van der Waals surface area contributed by atoms with Crippen LogP contribution >= 0.6 is 11.8 Å². The minimum Gasteiger partial charge on any atom is -0.356 e. The number of hydrogen-bond donors (Lipinski definition) is 1. The second-order valence-electron chi connectivity index (χ2n) is 6.72. The van der Waals surface area contributed by atoms with Gasteiger partial charge in [0.25, 0.3) is 5.56 Å². The van der Waals surface area contributed by atoms with Crippen molar-refractivity contribution in [2.24, 2.45) is 0 Å². The molecule has 0 aliphatic carbocycles. The van der Waals surface area contributed by atoms with Gasteiger partial charge in [-0.25, -0.2) is 9.67 Å². The zero-order chi connectivity index (χ0) is 19.0. The second-order valence-corrected chi connectivity index (χ2v) is 7.70. The summed E-state index contributed by atoms with van der Waals surface area (Å²) in [5.41, 5.74) is 2.44. The average Bonchev–Trinajstić information content (AvgIpc) is 3.26. The normalized spacial score (nSPS) is 15.9. The maximum Gasteiger partial charge on any atom is 0.265 e. The third-order valence-electron chi connectivity index (χ3n) is 4.64. The van der Waals surface area contributed by atoms with Gasteiger partial charge in [0.15, 0.2) is 10.8 Å². The van der Waals surface area contributed by atoms with E-state index in [-0.39, 0.29) is 17.5 Å². The van der Waals surface area contributed by atoms with Crippen molar-refractivity contribution in [2.75, 3.05) is 12.3 Å². The van der Waals surface area contributed by atoms with E-state index in [1.807, 2.05) is 38.1 Å². The number of rotatable bonds is 5. The van der Waals surface area contributed by atoms with Gasteiger partial charge in [-0.1, -0.05) is 36.4 Å². The lowest BCUT2D eigenvalue weighted by molar-refractivity contribution is -0.121. The Hall–Kier alpha value is -2.61. The van der Waals surface area contributed by atoms with E-state index in [0.29, 0.717) is 34.9 Å². The van der Waals surface area contributed by atoms with Gasteiger partial charge in [-0.05, 0) is 25.5 Å². The van der Waals surface area contributed by atoms with Gasteiger partial charge in [-0.2, -0.15) is 5.10 Å². The Bertz CT molecular complexity index is 1050. The number of aryl methyl sites for hydroxylation is 1. The maximum absolute atomic E-state index is 13.0. The largest absolute Gasteiger partial charge is 0.356 e. The summed E-state index contributed by atoms with van der Waals surface area (Å²) in [7, 11) is 0. The Balaban J connectivity index is 1.71. The second kappa shape index (κ2) is 7.19. The molecule has 27 heavy (non-hydrogen) atoms. The summed E-state index contributed by atoms with van der Waals surface area (Å²) in [6, 6.07) is 7.75. The monoisotopic (exact) mass is 383 g/mol. The molecule has 140 valence electrons. The highest BCUT2D eigenvalue weighted by atomic mass is 32.2. The smallest absolute Gasteiger partial charge is 0.265 e. The molecule has 0 radical (unpaired) electrons. The van der Waals surface area contributed by atoms with Gasteiger partial charge in [0.05, 0.1) is 17.9 Å². The van der Waals surface area contributed by atoms with Crippen molar-refractivity contribution in [3.8, 4) is 5.69 Å². The minimum absolute atomic E-state index is 0.0300. The summed E-state index contributed by atoms with van der Waals surface area (Å²) >= 11 is 1.51. The summed E-state index contributed by atoms with van der Waals surface area (Å²) in [5.74, 6) is 0.643. The van der Waals surface area contributed by atoms with E-state index in [1.165, 1.54) is 11.8 Å². The maximum atomic E-state index is 13.0. The van der Waals surface area contributed by atoms with Crippen molar-refractivity contribution in [2.45, 2.75) is 37.9 Å². The number of nitrogens with zero attached hydrogens (tertiary/aromatic N) is 4. The number of carbonyl (C=O) groups excluding carboxylic acids is 1. The van der Waals surface area contributed by atoms with Crippen LogP contribution in [0.15, 0.2) is 40.4 Å². The van der Waals surface area contributed by atoms with Gasteiger partial charge in [-0.3, -0.25) is 14.2 Å². The number of hydrogen-bond acceptors (Lipinski definition) is 5. The molecule has 0 spiro atoms. The molecule has 1 atom stereocenters. The summed E-state index contributed by atoms with van der Waals surface area (Å²) in [5, 5.41) is 8.37. The van der Waals surface area contributed by atoms with E-state index in [9.17, 15) is 9.59 Å². The van der Waals surface area contributed by atoms with Gasteiger partial charge in [0.2, 0.25) is 5.91 Å². The summed E-state index contributed by atoms with van der Waals surface area (Å²) in [6.07, 6.45) is 2.75. The summed E-state index contributed by atoms with van der Waals surface area (Å²) in [4.78, 5) is 29.8. The topological polar surface area (TPSA) is 81.8 Å². The highest BCUT2D eigenvalue weighted by Crippen LogP contribution is 2.33. The quantitative estimate of drug-likeness (QED) is 0.685. The molecular formula is C19H21N5O2S. The molecular weight excluding hydrogens is 362 g/mol. The van der Waals surface area contributed by atoms with Crippen LogP contribution in [0, 0.1) is 6.92 Å². The first-order chi connectivity index (χ1) is 13.1. The van der Waals surface area contributed by atoms with E-state index in [2.05, 4.69) is 15.4 Å². The highest BCUT2D eigenvalue weighted by molar-refractivity contribution is 7.99. The molecule has 0 bridgehead atoms. The minimum atomic E-state index is -0.172. The van der Waals surface area contributed by atoms with Gasteiger partial charge in [0.1, 0.15) is 5.39 Å². The van der Waals surface area contributed by atoms with Crippen LogP contribution in [-0.2, 0) is 4.79 Å². The molecule has 1 aromatic carbocycles. The molecule has 1 aliphatic rings. The van der Waals surface area contributed by atoms with E-state index in [0.717, 1.165) is 17.7 Å². The van der Waals surface area contributed by atoms with Crippen molar-refractivity contribution in [3.05, 3.63) is 46.4 Å². The van der Waals surface area contributed by atoms with Crippen LogP contribution in [-0.4, -0.2) is 37.5 Å². The molecule has 0 saturated carbocycles. The van der Waals surface area contributed by atoms with Gasteiger partial charge in [0, 0.05) is 18.7 Å². The molecule has 3 aromatic rings. The van der Waals surface area contributed by atoms with Gasteiger partial charge >= 0.3 is 0 Å². The van der Waals surface area contributed by atoms with E-state index >= 15 is 0 Å². The molecule has 7 nitrogen and oxygen atoms in total. The van der Waals surface area contributed by atoms with Gasteiger partial charge < -0.3 is 5.32 Å². The lowest BCUT2D eigenvalue weighted by atomic mass is 10.2. The fourth-order valence-corrected chi connectivity index (χ4v) is 4.34. The van der Waals surface area contributed by atoms with Crippen LogP contribution in [0.25, 0.3) is 16.7 Å². The van der Waals surface area contributed by atoms with Crippen molar-refractivity contribution < 1.29 is 4.79 Å². The van der Waals surface area contributed by atoms with Crippen LogP contribution in [0.3, 0.4) is 0 Å². The average molecular weight is 383 g/mol. The Morgan fingerprint density at radius 1 is 1.33 bits per heavy atom. The Morgan fingerprint density at radius 3 is 2.85 bits per heavy atom. The Kier molecular flexibility index (Phi) is 4.73. The fraction of sp³-hybridized carbons (Fsp3) is 0.368. The zero-order valence-electron chi connectivity index (χ0n) is 15.3. The van der Waals surface area contributed by atoms with Crippen molar-refractivity contribution >= 4 is 28.7 Å². The highest BCUT2D eigenvalue weighted by Gasteiger charge is 2.29. The fourth-order valence-electron chi connectivity index (χ4n) is 3.21. The number of thioether (sulfide) groups is 1. The summed E-state index contributed by atoms with van der Waals surface area (Å²) < 4.78 is 3.35. The molecule has 4 rings (SSSR count). The number of nitrogens with one attached hydrogen (secondary N) is 1. The molecule has 1 unspecified atom stereocenters. The first-order valence-corrected chi connectivity index (χ1v) is 10.0. The molecule has 0 fully saturated rings. The van der Waals surface area contributed by atoms with Crippen LogP contribution in [0.2, 0.25) is 0 Å². The third kappa shape index (κ3) is 3.25. The standard InChI is InChI=1S/C19H21N5O2S/c1-3-8-20-16(25)9-14-11-27-19-22-17-15(18(26)23(14)19)10-21-24(17)13-6-4-12(2)5-7-13/h4-7,10,14H,3,8-9,11H2,1-2H3,(H,20,25). The number of benzene rings is 1. The number of amides is 1. The van der Waals surface area contributed by atoms with Crippen LogP contribution in [0.5, 0.6) is 0 Å². The van der Waals surface area contributed by atoms with Crippen molar-refractivity contribution in [3.63, 3.8) is 0 Å². The third-order valence-corrected chi connectivity index (χ3v) is 5.74. The molecule has 3 heterocycles. The number of aromatic nitrogens is 4. The van der Waals surface area contributed by atoms with Crippen LogP contribution in [0.4, 0.5) is 0 Å². The molecule has 1 aliphatic heterocycles. The molecule has 1 amide bonds. The molecule has 8 heteroatoms. The number of fused-ring (bicyclic) bond motifs is 2. The molecule has 1 N–H and O–H groups in total. The zero-order valence-corrected chi connectivity index (χ0v) is 16.1. The molecule has 0 saturated heterocycles. The van der Waals surface area contributed by atoms with E-state index in [4.69, 9.17) is 0 Å². The Morgan fingerprint density at radius 2 is 2.11 bits per heavy atom. The Labute approximate surface area is 160 Å². The van der Waals surface area contributed by atoms with E-state index < -0.39 is 0 Å². The molecule has 2 aromatic heterocycles. The van der Waals surface area contributed by atoms with Crippen molar-refractivity contribution in [1.29, 1.82) is 0 Å². The lowest BCUT2D eigenvalue weighted by Gasteiger charge is -2.13. The van der Waals surface area contributed by atoms with E-state index in [1.54, 1.807) is 15.4 Å². The number of carbonyl (C=O) groups is 1. The first kappa shape index (κ1) is 17.8.